The van der Waals surface area contributed by atoms with Crippen LogP contribution < -0.4 is 5.32 Å². The van der Waals surface area contributed by atoms with Crippen LogP contribution in [0, 0.1) is 0 Å². The van der Waals surface area contributed by atoms with Gasteiger partial charge in [0.25, 0.3) is 0 Å². The Morgan fingerprint density at radius 2 is 2.00 bits per heavy atom. The van der Waals surface area contributed by atoms with Gasteiger partial charge < -0.3 is 10.2 Å². The minimum atomic E-state index is -0.0366. The molecule has 1 unspecified atom stereocenters. The second kappa shape index (κ2) is 5.96. The maximum absolute atomic E-state index is 12.8. The largest absolute Gasteiger partial charge is 0.339 e. The Labute approximate surface area is 121 Å². The molecule has 0 spiro atoms. The molecule has 1 amide bonds. The lowest BCUT2D eigenvalue weighted by atomic mass is 9.95. The fourth-order valence-corrected chi connectivity index (χ4v) is 3.43. The third-order valence-electron chi connectivity index (χ3n) is 4.72. The fourth-order valence-electron chi connectivity index (χ4n) is 3.43. The van der Waals surface area contributed by atoms with E-state index in [4.69, 9.17) is 0 Å². The van der Waals surface area contributed by atoms with E-state index in [0.29, 0.717) is 11.9 Å². The Morgan fingerprint density at radius 1 is 1.20 bits per heavy atom. The monoisotopic (exact) mass is 272 g/mol. The lowest BCUT2D eigenvalue weighted by molar-refractivity contribution is -0.135. The molecule has 0 aliphatic carbocycles. The lowest BCUT2D eigenvalue weighted by Crippen LogP contribution is -2.51. The molecule has 2 heterocycles. The van der Waals surface area contributed by atoms with Crippen molar-refractivity contribution in [1.29, 1.82) is 0 Å². The maximum atomic E-state index is 12.8. The zero-order valence-electron chi connectivity index (χ0n) is 12.3. The molecule has 2 aliphatic rings. The van der Waals surface area contributed by atoms with Crippen LogP contribution in [-0.4, -0.2) is 29.4 Å². The van der Waals surface area contributed by atoms with Gasteiger partial charge in [0.05, 0.1) is 6.04 Å². The molecule has 1 fully saturated rings. The molecule has 3 nitrogen and oxygen atoms in total. The Hall–Kier alpha value is -1.35. The Morgan fingerprint density at radius 3 is 2.85 bits per heavy atom. The summed E-state index contributed by atoms with van der Waals surface area (Å²) in [5.41, 5.74) is 2.66. The van der Waals surface area contributed by atoms with Gasteiger partial charge in [0.15, 0.2) is 0 Å². The lowest BCUT2D eigenvalue weighted by Gasteiger charge is -2.33. The first kappa shape index (κ1) is 13.6. The Kier molecular flexibility index (Phi) is 4.06. The summed E-state index contributed by atoms with van der Waals surface area (Å²) in [6, 6.07) is 8.80. The molecule has 108 valence electrons. The van der Waals surface area contributed by atoms with E-state index in [9.17, 15) is 4.79 Å². The van der Waals surface area contributed by atoms with Crippen LogP contribution in [-0.2, 0) is 17.8 Å². The summed E-state index contributed by atoms with van der Waals surface area (Å²) in [5, 5.41) is 3.42. The topological polar surface area (TPSA) is 32.3 Å². The number of nitrogens with zero attached hydrogens (tertiary/aromatic N) is 1. The van der Waals surface area contributed by atoms with Gasteiger partial charge >= 0.3 is 0 Å². The standard InChI is InChI=1S/C17H24N2O/c1-13-7-3-2-6-10-19(13)17(20)16-11-14-8-4-5-9-15(14)12-18-16/h4-5,8-9,13,16,18H,2-3,6-7,10-12H2,1H3/t13?,16-/m1/s1. The van der Waals surface area contributed by atoms with E-state index < -0.39 is 0 Å². The van der Waals surface area contributed by atoms with Crippen LogP contribution >= 0.6 is 0 Å². The van der Waals surface area contributed by atoms with Crippen molar-refractivity contribution in [2.75, 3.05) is 6.54 Å². The van der Waals surface area contributed by atoms with Gasteiger partial charge in [-0.15, -0.1) is 0 Å². The van der Waals surface area contributed by atoms with Crippen molar-refractivity contribution in [3.8, 4) is 0 Å². The maximum Gasteiger partial charge on any atom is 0.240 e. The number of hydrogen-bond donors (Lipinski definition) is 1. The number of carbonyl (C=O) groups is 1. The average molecular weight is 272 g/mol. The summed E-state index contributed by atoms with van der Waals surface area (Å²) >= 11 is 0. The third-order valence-corrected chi connectivity index (χ3v) is 4.72. The number of likely N-dealkylation sites (tertiary alicyclic amines) is 1. The zero-order chi connectivity index (χ0) is 13.9. The molecule has 3 heteroatoms. The van der Waals surface area contributed by atoms with Gasteiger partial charge in [0.2, 0.25) is 5.91 Å². The van der Waals surface area contributed by atoms with Crippen molar-refractivity contribution in [2.24, 2.45) is 0 Å². The summed E-state index contributed by atoms with van der Waals surface area (Å²) in [5.74, 6) is 0.300. The van der Waals surface area contributed by atoms with Gasteiger partial charge in [-0.05, 0) is 37.3 Å². The fraction of sp³-hybridized carbons (Fsp3) is 0.588. The normalized spacial score (nSPS) is 26.8. The second-order valence-corrected chi connectivity index (χ2v) is 6.14. The summed E-state index contributed by atoms with van der Waals surface area (Å²) in [4.78, 5) is 14.9. The molecule has 1 aromatic rings. The smallest absolute Gasteiger partial charge is 0.240 e. The molecule has 3 rings (SSSR count). The first-order valence-corrected chi connectivity index (χ1v) is 7.86. The molecule has 1 N–H and O–H groups in total. The van der Waals surface area contributed by atoms with E-state index in [1.54, 1.807) is 0 Å². The van der Waals surface area contributed by atoms with Crippen molar-refractivity contribution in [2.45, 2.75) is 57.7 Å². The number of amides is 1. The van der Waals surface area contributed by atoms with E-state index in [0.717, 1.165) is 32.4 Å². The van der Waals surface area contributed by atoms with Gasteiger partial charge in [-0.25, -0.2) is 0 Å². The second-order valence-electron chi connectivity index (χ2n) is 6.14. The SMILES string of the molecule is CC1CCCCCN1C(=O)[C@H]1Cc2ccccc2CN1. The van der Waals surface area contributed by atoms with Gasteiger partial charge in [-0.2, -0.15) is 0 Å². The number of rotatable bonds is 1. The van der Waals surface area contributed by atoms with Gasteiger partial charge in [-0.1, -0.05) is 37.1 Å². The van der Waals surface area contributed by atoms with E-state index >= 15 is 0 Å². The summed E-state index contributed by atoms with van der Waals surface area (Å²) in [6.45, 7) is 3.94. The highest BCUT2D eigenvalue weighted by atomic mass is 16.2. The van der Waals surface area contributed by atoms with Crippen molar-refractivity contribution in [3.63, 3.8) is 0 Å². The molecular weight excluding hydrogens is 248 g/mol. The summed E-state index contributed by atoms with van der Waals surface area (Å²) in [7, 11) is 0. The number of fused-ring (bicyclic) bond motifs is 1. The van der Waals surface area contributed by atoms with E-state index in [1.165, 1.54) is 24.0 Å². The van der Waals surface area contributed by atoms with Crippen LogP contribution in [0.5, 0.6) is 0 Å². The predicted molar refractivity (Wildman–Crippen MR) is 80.4 cm³/mol. The minimum absolute atomic E-state index is 0.0366. The Balaban J connectivity index is 1.72. The zero-order valence-corrected chi connectivity index (χ0v) is 12.3. The highest BCUT2D eigenvalue weighted by Crippen LogP contribution is 2.21. The molecule has 0 radical (unpaired) electrons. The molecule has 20 heavy (non-hydrogen) atoms. The van der Waals surface area contributed by atoms with Gasteiger partial charge in [0, 0.05) is 19.1 Å². The van der Waals surface area contributed by atoms with E-state index in [-0.39, 0.29) is 6.04 Å². The Bertz CT molecular complexity index is 486. The van der Waals surface area contributed by atoms with Gasteiger partial charge in [0.1, 0.15) is 0 Å². The van der Waals surface area contributed by atoms with Crippen LogP contribution in [0.1, 0.15) is 43.7 Å². The number of benzene rings is 1. The molecule has 0 saturated carbocycles. The number of hydrogen-bond acceptors (Lipinski definition) is 2. The molecule has 1 saturated heterocycles. The number of carbonyl (C=O) groups excluding carboxylic acids is 1. The number of nitrogens with one attached hydrogen (secondary N) is 1. The first-order valence-electron chi connectivity index (χ1n) is 7.86. The molecular formula is C17H24N2O. The van der Waals surface area contributed by atoms with Crippen molar-refractivity contribution in [3.05, 3.63) is 35.4 Å². The van der Waals surface area contributed by atoms with Crippen molar-refractivity contribution in [1.82, 2.24) is 10.2 Å². The molecule has 1 aromatic carbocycles. The third kappa shape index (κ3) is 2.73. The van der Waals surface area contributed by atoms with Gasteiger partial charge in [-0.3, -0.25) is 4.79 Å². The van der Waals surface area contributed by atoms with Crippen LogP contribution in [0.15, 0.2) is 24.3 Å². The quantitative estimate of drug-likeness (QED) is 0.852. The van der Waals surface area contributed by atoms with Crippen LogP contribution in [0.25, 0.3) is 0 Å². The predicted octanol–water partition coefficient (Wildman–Crippen LogP) is 2.49. The van der Waals surface area contributed by atoms with Crippen LogP contribution in [0.4, 0.5) is 0 Å². The van der Waals surface area contributed by atoms with Crippen molar-refractivity contribution >= 4 is 5.91 Å². The van der Waals surface area contributed by atoms with Crippen LogP contribution in [0.3, 0.4) is 0 Å². The first-order chi connectivity index (χ1) is 9.75. The summed E-state index contributed by atoms with van der Waals surface area (Å²) < 4.78 is 0. The molecule has 0 bridgehead atoms. The molecule has 2 aliphatic heterocycles. The van der Waals surface area contributed by atoms with Crippen LogP contribution in [0.2, 0.25) is 0 Å². The minimum Gasteiger partial charge on any atom is -0.339 e. The average Bonchev–Trinajstić information content (AvgIpc) is 2.70. The highest BCUT2D eigenvalue weighted by Gasteiger charge is 2.30. The molecule has 0 aromatic heterocycles. The van der Waals surface area contributed by atoms with Crippen molar-refractivity contribution < 1.29 is 4.79 Å². The molecule has 2 atom stereocenters. The summed E-state index contributed by atoms with van der Waals surface area (Å²) in [6.07, 6.45) is 5.65. The van der Waals surface area contributed by atoms with E-state index in [1.807, 2.05) is 0 Å². The highest BCUT2D eigenvalue weighted by molar-refractivity contribution is 5.83. The van der Waals surface area contributed by atoms with E-state index in [2.05, 4.69) is 41.4 Å².